The van der Waals surface area contributed by atoms with Gasteiger partial charge in [0.2, 0.25) is 0 Å². The molecule has 5 heteroatoms. The fourth-order valence-corrected chi connectivity index (χ4v) is 1.58. The van der Waals surface area contributed by atoms with Crippen LogP contribution in [0.4, 0.5) is 11.4 Å². The molecule has 88 valence electrons. The normalized spacial score (nSPS) is 10.2. The number of rotatable bonds is 2. The van der Waals surface area contributed by atoms with Crippen LogP contribution >= 0.6 is 0 Å². The molecule has 1 aromatic carbocycles. The summed E-state index contributed by atoms with van der Waals surface area (Å²) in [7, 11) is 1.72. The summed E-state index contributed by atoms with van der Waals surface area (Å²) in [5.74, 6) is -0.222. The number of aryl methyl sites for hydroxylation is 2. The molecule has 1 amide bonds. The number of nitrogen functional groups attached to an aromatic ring is 1. The highest BCUT2D eigenvalue weighted by Crippen LogP contribution is 2.20. The molecule has 0 spiro atoms. The summed E-state index contributed by atoms with van der Waals surface area (Å²) in [4.78, 5) is 11.9. The Morgan fingerprint density at radius 2 is 2.18 bits per heavy atom. The van der Waals surface area contributed by atoms with E-state index in [2.05, 4.69) is 10.4 Å². The molecule has 5 nitrogen and oxygen atoms in total. The number of benzene rings is 1. The molecule has 0 aliphatic heterocycles. The largest absolute Gasteiger partial charge is 0.397 e. The Labute approximate surface area is 99.2 Å². The van der Waals surface area contributed by atoms with E-state index in [4.69, 9.17) is 5.73 Å². The van der Waals surface area contributed by atoms with E-state index in [1.807, 2.05) is 19.1 Å². The van der Waals surface area contributed by atoms with E-state index in [0.29, 0.717) is 17.1 Å². The summed E-state index contributed by atoms with van der Waals surface area (Å²) >= 11 is 0. The smallest absolute Gasteiger partial charge is 0.273 e. The van der Waals surface area contributed by atoms with Crippen LogP contribution in [0.3, 0.4) is 0 Å². The molecule has 2 aromatic rings. The van der Waals surface area contributed by atoms with Gasteiger partial charge >= 0.3 is 0 Å². The molecule has 0 aliphatic rings. The lowest BCUT2D eigenvalue weighted by Gasteiger charge is -2.08. The van der Waals surface area contributed by atoms with E-state index >= 15 is 0 Å². The minimum Gasteiger partial charge on any atom is -0.397 e. The fourth-order valence-electron chi connectivity index (χ4n) is 1.58. The first-order valence-electron chi connectivity index (χ1n) is 5.23. The van der Waals surface area contributed by atoms with Crippen molar-refractivity contribution in [1.29, 1.82) is 0 Å². The second-order valence-electron chi connectivity index (χ2n) is 3.88. The zero-order valence-electron chi connectivity index (χ0n) is 9.77. The van der Waals surface area contributed by atoms with Gasteiger partial charge in [0.25, 0.3) is 5.91 Å². The Hall–Kier alpha value is -2.30. The number of hydrogen-bond acceptors (Lipinski definition) is 3. The number of amides is 1. The van der Waals surface area contributed by atoms with Crippen LogP contribution in [-0.2, 0) is 7.05 Å². The average Bonchev–Trinajstić information content (AvgIpc) is 2.68. The Bertz CT molecular complexity index is 559. The third-order valence-electron chi connectivity index (χ3n) is 2.51. The second kappa shape index (κ2) is 4.29. The lowest BCUT2D eigenvalue weighted by atomic mass is 10.2. The van der Waals surface area contributed by atoms with E-state index in [-0.39, 0.29) is 5.91 Å². The van der Waals surface area contributed by atoms with Crippen molar-refractivity contribution in [2.45, 2.75) is 6.92 Å². The highest BCUT2D eigenvalue weighted by molar-refractivity contribution is 6.04. The highest BCUT2D eigenvalue weighted by atomic mass is 16.2. The molecule has 3 N–H and O–H groups in total. The Morgan fingerprint density at radius 3 is 2.76 bits per heavy atom. The van der Waals surface area contributed by atoms with Gasteiger partial charge in [-0.1, -0.05) is 6.07 Å². The van der Waals surface area contributed by atoms with Crippen molar-refractivity contribution in [3.05, 3.63) is 41.7 Å². The minimum absolute atomic E-state index is 0.222. The first-order chi connectivity index (χ1) is 8.08. The summed E-state index contributed by atoms with van der Waals surface area (Å²) in [6.45, 7) is 1.95. The number of nitrogens with one attached hydrogen (secondary N) is 1. The van der Waals surface area contributed by atoms with E-state index < -0.39 is 0 Å². The van der Waals surface area contributed by atoms with Crippen molar-refractivity contribution < 1.29 is 4.79 Å². The predicted octanol–water partition coefficient (Wildman–Crippen LogP) is 1.56. The maximum atomic E-state index is 11.9. The second-order valence-corrected chi connectivity index (χ2v) is 3.88. The minimum atomic E-state index is -0.222. The van der Waals surface area contributed by atoms with E-state index in [9.17, 15) is 4.79 Å². The summed E-state index contributed by atoms with van der Waals surface area (Å²) < 4.78 is 1.51. The van der Waals surface area contributed by atoms with Crippen LogP contribution in [0.25, 0.3) is 0 Å². The predicted molar refractivity (Wildman–Crippen MR) is 66.8 cm³/mol. The number of nitrogens with zero attached hydrogens (tertiary/aromatic N) is 2. The van der Waals surface area contributed by atoms with Gasteiger partial charge in [0, 0.05) is 13.2 Å². The molecule has 0 aliphatic carbocycles. The Kier molecular flexibility index (Phi) is 2.82. The van der Waals surface area contributed by atoms with Gasteiger partial charge in [-0.15, -0.1) is 0 Å². The lowest BCUT2D eigenvalue weighted by Crippen LogP contribution is -2.16. The molecule has 0 fully saturated rings. The average molecular weight is 230 g/mol. The van der Waals surface area contributed by atoms with Gasteiger partial charge in [-0.25, -0.2) is 0 Å². The van der Waals surface area contributed by atoms with Gasteiger partial charge in [0.1, 0.15) is 5.69 Å². The molecule has 0 saturated heterocycles. The van der Waals surface area contributed by atoms with Gasteiger partial charge in [-0.3, -0.25) is 9.48 Å². The van der Waals surface area contributed by atoms with Gasteiger partial charge in [0.05, 0.1) is 11.4 Å². The topological polar surface area (TPSA) is 72.9 Å². The van der Waals surface area contributed by atoms with Crippen LogP contribution in [0.5, 0.6) is 0 Å². The van der Waals surface area contributed by atoms with Crippen molar-refractivity contribution in [2.24, 2.45) is 7.05 Å². The maximum absolute atomic E-state index is 11.9. The van der Waals surface area contributed by atoms with Gasteiger partial charge in [-0.05, 0) is 30.7 Å². The van der Waals surface area contributed by atoms with Crippen molar-refractivity contribution in [2.75, 3.05) is 11.1 Å². The van der Waals surface area contributed by atoms with E-state index in [1.165, 1.54) is 4.68 Å². The summed E-state index contributed by atoms with van der Waals surface area (Å²) in [5, 5.41) is 6.70. The summed E-state index contributed by atoms with van der Waals surface area (Å²) in [6, 6.07) is 7.16. The third-order valence-corrected chi connectivity index (χ3v) is 2.51. The molecular formula is C12H14N4O. The molecule has 0 unspecified atom stereocenters. The third kappa shape index (κ3) is 2.28. The van der Waals surface area contributed by atoms with E-state index in [1.54, 1.807) is 25.4 Å². The number of carbonyl (C=O) groups excluding carboxylic acids is 1. The summed E-state index contributed by atoms with van der Waals surface area (Å²) in [5.41, 5.74) is 8.54. The highest BCUT2D eigenvalue weighted by Gasteiger charge is 2.11. The van der Waals surface area contributed by atoms with E-state index in [0.717, 1.165) is 5.56 Å². The molecule has 0 bridgehead atoms. The standard InChI is InChI=1S/C12H14N4O/c1-8-3-4-10(9(13)7-8)15-12(17)11-5-6-14-16(11)2/h3-7H,13H2,1-2H3,(H,15,17). The van der Waals surface area contributed by atoms with Crippen LogP contribution in [0.15, 0.2) is 30.5 Å². The lowest BCUT2D eigenvalue weighted by molar-refractivity contribution is 0.101. The van der Waals surface area contributed by atoms with Crippen molar-refractivity contribution >= 4 is 17.3 Å². The molecule has 1 heterocycles. The van der Waals surface area contributed by atoms with Crippen molar-refractivity contribution in [3.63, 3.8) is 0 Å². The van der Waals surface area contributed by atoms with Gasteiger partial charge in [0.15, 0.2) is 0 Å². The molecule has 0 saturated carbocycles. The number of carbonyl (C=O) groups is 1. The number of anilines is 2. The Balaban J connectivity index is 2.22. The monoisotopic (exact) mass is 230 g/mol. The SMILES string of the molecule is Cc1ccc(NC(=O)c2ccnn2C)c(N)c1. The quantitative estimate of drug-likeness (QED) is 0.769. The number of hydrogen-bond donors (Lipinski definition) is 2. The van der Waals surface area contributed by atoms with Crippen LogP contribution < -0.4 is 11.1 Å². The molecule has 1 aromatic heterocycles. The fraction of sp³-hybridized carbons (Fsp3) is 0.167. The molecule has 0 radical (unpaired) electrons. The molecule has 0 atom stereocenters. The zero-order valence-corrected chi connectivity index (χ0v) is 9.77. The van der Waals surface area contributed by atoms with Gasteiger partial charge in [-0.2, -0.15) is 5.10 Å². The van der Waals surface area contributed by atoms with Crippen LogP contribution in [0, 0.1) is 6.92 Å². The van der Waals surface area contributed by atoms with Crippen LogP contribution in [-0.4, -0.2) is 15.7 Å². The number of aromatic nitrogens is 2. The molecular weight excluding hydrogens is 216 g/mol. The maximum Gasteiger partial charge on any atom is 0.273 e. The Morgan fingerprint density at radius 1 is 1.41 bits per heavy atom. The first kappa shape index (κ1) is 11.2. The molecule has 2 rings (SSSR count). The van der Waals surface area contributed by atoms with Crippen molar-refractivity contribution in [3.8, 4) is 0 Å². The van der Waals surface area contributed by atoms with Crippen LogP contribution in [0.2, 0.25) is 0 Å². The van der Waals surface area contributed by atoms with Gasteiger partial charge < -0.3 is 11.1 Å². The molecule has 17 heavy (non-hydrogen) atoms. The van der Waals surface area contributed by atoms with Crippen LogP contribution in [0.1, 0.15) is 16.1 Å². The first-order valence-corrected chi connectivity index (χ1v) is 5.23. The van der Waals surface area contributed by atoms with Crippen molar-refractivity contribution in [1.82, 2.24) is 9.78 Å². The number of nitrogens with two attached hydrogens (primary N) is 1. The zero-order chi connectivity index (χ0) is 12.4. The summed E-state index contributed by atoms with van der Waals surface area (Å²) in [6.07, 6.45) is 1.58.